The molecule has 0 saturated carbocycles. The molecule has 0 aliphatic rings. The maximum atomic E-state index is 14.0. The fraction of sp³-hybridized carbons (Fsp3) is 0.111. The summed E-state index contributed by atoms with van der Waals surface area (Å²) in [4.78, 5) is 16.1. The summed E-state index contributed by atoms with van der Waals surface area (Å²) in [6.45, 7) is -0.517. The van der Waals surface area contributed by atoms with Crippen molar-refractivity contribution < 1.29 is 19.0 Å². The van der Waals surface area contributed by atoms with E-state index >= 15 is 0 Å². The van der Waals surface area contributed by atoms with Gasteiger partial charge in [-0.15, -0.1) is 0 Å². The van der Waals surface area contributed by atoms with Crippen LogP contribution in [0.25, 0.3) is 0 Å². The Morgan fingerprint density at radius 2 is 1.96 bits per heavy atom. The normalized spacial score (nSPS) is 11.9. The van der Waals surface area contributed by atoms with E-state index in [1.807, 2.05) is 0 Å². The predicted molar refractivity (Wildman–Crippen MR) is 88.7 cm³/mol. The van der Waals surface area contributed by atoms with E-state index in [1.54, 1.807) is 30.3 Å². The molecule has 7 heteroatoms. The number of nitrogens with one attached hydrogen (secondary N) is 1. The van der Waals surface area contributed by atoms with Crippen molar-refractivity contribution in [3.05, 3.63) is 88.0 Å². The van der Waals surface area contributed by atoms with Crippen LogP contribution in [0.5, 0.6) is 5.75 Å². The van der Waals surface area contributed by atoms with E-state index < -0.39 is 29.6 Å². The van der Waals surface area contributed by atoms with E-state index in [4.69, 9.17) is 4.42 Å². The van der Waals surface area contributed by atoms with Gasteiger partial charge in [0.25, 0.3) is 0 Å². The molecule has 128 valence electrons. The molecule has 3 aromatic rings. The van der Waals surface area contributed by atoms with Crippen LogP contribution in [0, 0.1) is 5.82 Å². The smallest absolute Gasteiger partial charge is 0.227 e. The Morgan fingerprint density at radius 3 is 2.64 bits per heavy atom. The van der Waals surface area contributed by atoms with Crippen molar-refractivity contribution in [2.75, 3.05) is 5.32 Å². The minimum Gasteiger partial charge on any atom is -0.502 e. The topological polar surface area (TPSA) is 95.6 Å². The average Bonchev–Trinajstić information content (AvgIpc) is 2.64. The van der Waals surface area contributed by atoms with E-state index in [9.17, 15) is 19.4 Å². The van der Waals surface area contributed by atoms with Crippen molar-refractivity contribution in [3.8, 4) is 5.75 Å². The molecule has 1 unspecified atom stereocenters. The van der Waals surface area contributed by atoms with Crippen molar-refractivity contribution >= 4 is 5.69 Å². The van der Waals surface area contributed by atoms with E-state index in [-0.39, 0.29) is 17.2 Å². The monoisotopic (exact) mass is 342 g/mol. The van der Waals surface area contributed by atoms with Gasteiger partial charge in [-0.1, -0.05) is 18.2 Å². The number of hydrogen-bond acceptors (Lipinski definition) is 6. The number of para-hydroxylation sites is 1. The molecule has 0 aliphatic carbocycles. The lowest BCUT2D eigenvalue weighted by Gasteiger charge is -2.20. The molecule has 6 nitrogen and oxygen atoms in total. The van der Waals surface area contributed by atoms with Gasteiger partial charge in [0.05, 0.1) is 11.4 Å². The zero-order valence-electron chi connectivity index (χ0n) is 13.0. The number of pyridine rings is 1. The average molecular weight is 342 g/mol. The number of aromatic nitrogens is 1. The van der Waals surface area contributed by atoms with Crippen LogP contribution in [-0.2, 0) is 6.61 Å². The van der Waals surface area contributed by atoms with Crippen LogP contribution in [0.4, 0.5) is 10.1 Å². The Balaban J connectivity index is 2.14. The minimum absolute atomic E-state index is 0.0194. The second kappa shape index (κ2) is 7.14. The van der Waals surface area contributed by atoms with E-state index in [1.165, 1.54) is 18.3 Å². The quantitative estimate of drug-likeness (QED) is 0.660. The molecule has 2 aromatic heterocycles. The molecule has 3 N–H and O–H groups in total. The maximum Gasteiger partial charge on any atom is 0.227 e. The summed E-state index contributed by atoms with van der Waals surface area (Å²) in [7, 11) is 0. The van der Waals surface area contributed by atoms with Gasteiger partial charge in [0.2, 0.25) is 11.2 Å². The second-order valence-corrected chi connectivity index (χ2v) is 5.26. The van der Waals surface area contributed by atoms with Gasteiger partial charge in [-0.05, 0) is 24.3 Å². The van der Waals surface area contributed by atoms with Crippen LogP contribution >= 0.6 is 0 Å². The van der Waals surface area contributed by atoms with Crippen LogP contribution in [0.2, 0.25) is 0 Å². The molecular weight excluding hydrogens is 327 g/mol. The second-order valence-electron chi connectivity index (χ2n) is 5.26. The summed E-state index contributed by atoms with van der Waals surface area (Å²) in [6, 6.07) is 11.1. The largest absolute Gasteiger partial charge is 0.502 e. The standard InChI is InChI=1S/C18H15FN2O4/c19-12-5-1-2-6-13(12)21-16(14-7-3-4-8-20-14)18-17(24)15(23)9-11(10-22)25-18/h1-9,16,21-22,24H,10H2. The molecule has 3 rings (SSSR count). The van der Waals surface area contributed by atoms with Crippen LogP contribution in [0.1, 0.15) is 23.3 Å². The first-order valence-corrected chi connectivity index (χ1v) is 7.49. The Morgan fingerprint density at radius 1 is 1.20 bits per heavy atom. The number of aromatic hydroxyl groups is 1. The van der Waals surface area contributed by atoms with Gasteiger partial charge < -0.3 is 19.9 Å². The number of aliphatic hydroxyl groups is 1. The first-order chi connectivity index (χ1) is 12.1. The summed E-state index contributed by atoms with van der Waals surface area (Å²) in [5, 5.41) is 22.3. The molecule has 25 heavy (non-hydrogen) atoms. The Labute approximate surface area is 142 Å². The molecular formula is C18H15FN2O4. The third-order valence-electron chi connectivity index (χ3n) is 3.58. The predicted octanol–water partition coefficient (Wildman–Crippen LogP) is 2.57. The number of benzene rings is 1. The summed E-state index contributed by atoms with van der Waals surface area (Å²) < 4.78 is 19.5. The van der Waals surface area contributed by atoms with E-state index in [0.29, 0.717) is 5.69 Å². The van der Waals surface area contributed by atoms with Gasteiger partial charge in [-0.25, -0.2) is 4.39 Å². The third kappa shape index (κ3) is 3.51. The molecule has 0 saturated heterocycles. The van der Waals surface area contributed by atoms with Crippen LogP contribution in [0.3, 0.4) is 0 Å². The molecule has 0 fully saturated rings. The van der Waals surface area contributed by atoms with Crippen LogP contribution < -0.4 is 10.7 Å². The van der Waals surface area contributed by atoms with Gasteiger partial charge in [-0.2, -0.15) is 0 Å². The Kier molecular flexibility index (Phi) is 4.76. The van der Waals surface area contributed by atoms with E-state index in [2.05, 4.69) is 10.3 Å². The van der Waals surface area contributed by atoms with Gasteiger partial charge >= 0.3 is 0 Å². The number of rotatable bonds is 5. The Bertz CT molecular complexity index is 928. The van der Waals surface area contributed by atoms with Crippen molar-refractivity contribution in [3.63, 3.8) is 0 Å². The number of nitrogens with zero attached hydrogens (tertiary/aromatic N) is 1. The fourth-order valence-electron chi connectivity index (χ4n) is 2.38. The molecule has 1 atom stereocenters. The SMILES string of the molecule is O=c1cc(CO)oc(C(Nc2ccccc2F)c2ccccn2)c1O. The van der Waals surface area contributed by atoms with Gasteiger partial charge in [0, 0.05) is 12.3 Å². The zero-order chi connectivity index (χ0) is 17.8. The van der Waals surface area contributed by atoms with Gasteiger partial charge in [0.15, 0.2) is 5.76 Å². The van der Waals surface area contributed by atoms with Crippen molar-refractivity contribution in [1.29, 1.82) is 0 Å². The van der Waals surface area contributed by atoms with Crippen molar-refractivity contribution in [2.45, 2.75) is 12.6 Å². The summed E-state index contributed by atoms with van der Waals surface area (Å²) in [5.41, 5.74) is -0.157. The maximum absolute atomic E-state index is 14.0. The molecule has 0 aliphatic heterocycles. The molecule has 0 radical (unpaired) electrons. The molecule has 0 amide bonds. The number of aliphatic hydroxyl groups excluding tert-OH is 1. The lowest BCUT2D eigenvalue weighted by atomic mass is 10.1. The van der Waals surface area contributed by atoms with Crippen molar-refractivity contribution in [1.82, 2.24) is 4.98 Å². The zero-order valence-corrected chi connectivity index (χ0v) is 13.0. The first-order valence-electron chi connectivity index (χ1n) is 7.49. The number of halogens is 1. The summed E-state index contributed by atoms with van der Waals surface area (Å²) in [5.74, 6) is -1.31. The highest BCUT2D eigenvalue weighted by Gasteiger charge is 2.25. The minimum atomic E-state index is -0.933. The van der Waals surface area contributed by atoms with E-state index in [0.717, 1.165) is 6.07 Å². The number of hydrogen-bond donors (Lipinski definition) is 3. The highest BCUT2D eigenvalue weighted by molar-refractivity contribution is 5.49. The summed E-state index contributed by atoms with van der Waals surface area (Å²) >= 11 is 0. The van der Waals surface area contributed by atoms with Crippen molar-refractivity contribution in [2.24, 2.45) is 0 Å². The highest BCUT2D eigenvalue weighted by atomic mass is 19.1. The third-order valence-corrected chi connectivity index (χ3v) is 3.58. The molecule has 0 bridgehead atoms. The highest BCUT2D eigenvalue weighted by Crippen LogP contribution is 2.31. The molecule has 0 spiro atoms. The first kappa shape index (κ1) is 16.7. The van der Waals surface area contributed by atoms with Crippen LogP contribution in [-0.4, -0.2) is 15.2 Å². The van der Waals surface area contributed by atoms with Gasteiger partial charge in [0.1, 0.15) is 24.2 Å². The van der Waals surface area contributed by atoms with Gasteiger partial charge in [-0.3, -0.25) is 9.78 Å². The number of anilines is 1. The summed E-state index contributed by atoms with van der Waals surface area (Å²) in [6.07, 6.45) is 1.52. The lowest BCUT2D eigenvalue weighted by molar-refractivity contribution is 0.234. The molecule has 2 heterocycles. The van der Waals surface area contributed by atoms with Crippen LogP contribution in [0.15, 0.2) is 63.9 Å². The Hall–Kier alpha value is -3.19. The molecule has 1 aromatic carbocycles. The lowest BCUT2D eigenvalue weighted by Crippen LogP contribution is -2.18. The fourth-order valence-corrected chi connectivity index (χ4v) is 2.38.